The minimum Gasteiger partial charge on any atom is -0.478 e. The molecule has 0 spiro atoms. The molecule has 4 nitrogen and oxygen atoms in total. The predicted molar refractivity (Wildman–Crippen MR) is 44.7 cm³/mol. The van der Waals surface area contributed by atoms with E-state index in [0.29, 0.717) is 0 Å². The molecule has 0 radical (unpaired) electrons. The SMILES string of the molecule is C#C[C@@]1(O)CC(C(=O)O)=C[C@H](O)C1. The molecule has 1 aliphatic rings. The smallest absolute Gasteiger partial charge is 0.331 e. The number of carbonyl (C=O) groups is 1. The lowest BCUT2D eigenvalue weighted by molar-refractivity contribution is -0.133. The molecule has 2 atom stereocenters. The molecule has 0 saturated carbocycles. The molecule has 0 amide bonds. The number of aliphatic carboxylic acids is 1. The summed E-state index contributed by atoms with van der Waals surface area (Å²) in [5.74, 6) is 0.927. The highest BCUT2D eigenvalue weighted by Crippen LogP contribution is 2.27. The van der Waals surface area contributed by atoms with Gasteiger partial charge in [-0.2, -0.15) is 0 Å². The van der Waals surface area contributed by atoms with Crippen LogP contribution in [0.25, 0.3) is 0 Å². The summed E-state index contributed by atoms with van der Waals surface area (Å²) in [6.07, 6.45) is 5.12. The largest absolute Gasteiger partial charge is 0.478 e. The van der Waals surface area contributed by atoms with Gasteiger partial charge < -0.3 is 15.3 Å². The van der Waals surface area contributed by atoms with Crippen LogP contribution in [-0.4, -0.2) is 33.0 Å². The number of carboxylic acids is 1. The van der Waals surface area contributed by atoms with Crippen molar-refractivity contribution in [2.24, 2.45) is 0 Å². The lowest BCUT2D eigenvalue weighted by Gasteiger charge is -2.28. The van der Waals surface area contributed by atoms with Crippen LogP contribution in [0.15, 0.2) is 11.6 Å². The van der Waals surface area contributed by atoms with Gasteiger partial charge in [0.2, 0.25) is 0 Å². The van der Waals surface area contributed by atoms with Gasteiger partial charge in [0.15, 0.2) is 0 Å². The number of aliphatic hydroxyl groups excluding tert-OH is 1. The standard InChI is InChI=1S/C9H10O4/c1-2-9(13)4-6(8(11)12)3-7(10)5-9/h1,3,7,10,13H,4-5H2,(H,11,12)/t7-,9+/m0/s1. The summed E-state index contributed by atoms with van der Waals surface area (Å²) in [6.45, 7) is 0. The van der Waals surface area contributed by atoms with Crippen molar-refractivity contribution in [2.45, 2.75) is 24.5 Å². The highest BCUT2D eigenvalue weighted by Gasteiger charge is 2.34. The van der Waals surface area contributed by atoms with Gasteiger partial charge in [0.1, 0.15) is 5.60 Å². The summed E-state index contributed by atoms with van der Waals surface area (Å²) in [7, 11) is 0. The zero-order chi connectivity index (χ0) is 10.1. The van der Waals surface area contributed by atoms with Crippen molar-refractivity contribution < 1.29 is 20.1 Å². The molecule has 0 bridgehead atoms. The molecule has 0 fully saturated rings. The number of hydrogen-bond acceptors (Lipinski definition) is 3. The average Bonchev–Trinajstić information content (AvgIpc) is 2.03. The number of hydrogen-bond donors (Lipinski definition) is 3. The molecule has 0 unspecified atom stereocenters. The zero-order valence-electron chi connectivity index (χ0n) is 6.90. The normalized spacial score (nSPS) is 33.3. The van der Waals surface area contributed by atoms with E-state index in [0.717, 1.165) is 0 Å². The molecule has 3 N–H and O–H groups in total. The molecule has 0 aromatic heterocycles. The molecular weight excluding hydrogens is 172 g/mol. The van der Waals surface area contributed by atoms with Crippen LogP contribution in [0.5, 0.6) is 0 Å². The number of rotatable bonds is 1. The number of carboxylic acid groups (broad SMARTS) is 1. The van der Waals surface area contributed by atoms with Crippen molar-refractivity contribution in [3.8, 4) is 12.3 Å². The predicted octanol–water partition coefficient (Wildman–Crippen LogP) is -0.484. The molecule has 0 saturated heterocycles. The quantitative estimate of drug-likeness (QED) is 0.478. The Balaban J connectivity index is 2.93. The zero-order valence-corrected chi connectivity index (χ0v) is 6.90. The van der Waals surface area contributed by atoms with E-state index in [1.165, 1.54) is 6.08 Å². The maximum atomic E-state index is 10.5. The Morgan fingerprint density at radius 1 is 1.77 bits per heavy atom. The first-order valence-electron chi connectivity index (χ1n) is 3.79. The van der Waals surface area contributed by atoms with E-state index in [1.807, 2.05) is 0 Å². The van der Waals surface area contributed by atoms with Crippen molar-refractivity contribution in [3.05, 3.63) is 11.6 Å². The van der Waals surface area contributed by atoms with Gasteiger partial charge in [-0.3, -0.25) is 0 Å². The van der Waals surface area contributed by atoms with E-state index >= 15 is 0 Å². The Labute approximate surface area is 75.5 Å². The van der Waals surface area contributed by atoms with Crippen LogP contribution in [0.2, 0.25) is 0 Å². The third-order valence-electron chi connectivity index (χ3n) is 1.97. The maximum absolute atomic E-state index is 10.5. The third kappa shape index (κ3) is 2.08. The Kier molecular flexibility index (Phi) is 2.41. The van der Waals surface area contributed by atoms with Crippen LogP contribution in [0.3, 0.4) is 0 Å². The van der Waals surface area contributed by atoms with Crippen molar-refractivity contribution in [3.63, 3.8) is 0 Å². The molecule has 4 heteroatoms. The summed E-state index contributed by atoms with van der Waals surface area (Å²) in [5, 5.41) is 27.4. The van der Waals surface area contributed by atoms with Gasteiger partial charge in [-0.1, -0.05) is 5.92 Å². The Morgan fingerprint density at radius 3 is 2.85 bits per heavy atom. The summed E-state index contributed by atoms with van der Waals surface area (Å²) >= 11 is 0. The van der Waals surface area contributed by atoms with Gasteiger partial charge in [0.05, 0.1) is 6.10 Å². The van der Waals surface area contributed by atoms with E-state index < -0.39 is 17.7 Å². The van der Waals surface area contributed by atoms with Crippen LogP contribution < -0.4 is 0 Å². The van der Waals surface area contributed by atoms with Gasteiger partial charge in [-0.05, 0) is 6.08 Å². The highest BCUT2D eigenvalue weighted by atomic mass is 16.4. The molecule has 1 aliphatic carbocycles. The molecular formula is C9H10O4. The van der Waals surface area contributed by atoms with Gasteiger partial charge in [-0.15, -0.1) is 6.42 Å². The van der Waals surface area contributed by atoms with E-state index in [4.69, 9.17) is 11.5 Å². The van der Waals surface area contributed by atoms with E-state index in [9.17, 15) is 15.0 Å². The fourth-order valence-electron chi connectivity index (χ4n) is 1.34. The molecule has 70 valence electrons. The van der Waals surface area contributed by atoms with Crippen LogP contribution in [-0.2, 0) is 4.79 Å². The first kappa shape index (κ1) is 9.78. The monoisotopic (exact) mass is 182 g/mol. The van der Waals surface area contributed by atoms with E-state index in [2.05, 4.69) is 5.92 Å². The molecule has 1 rings (SSSR count). The summed E-state index contributed by atoms with van der Waals surface area (Å²) in [4.78, 5) is 10.5. The molecule has 0 aromatic rings. The van der Waals surface area contributed by atoms with E-state index in [-0.39, 0.29) is 18.4 Å². The minimum absolute atomic E-state index is 0.0136. The van der Waals surface area contributed by atoms with Gasteiger partial charge in [0.25, 0.3) is 0 Å². The second-order valence-corrected chi connectivity index (χ2v) is 3.12. The van der Waals surface area contributed by atoms with Crippen molar-refractivity contribution in [1.82, 2.24) is 0 Å². The van der Waals surface area contributed by atoms with Gasteiger partial charge in [-0.25, -0.2) is 4.79 Å². The van der Waals surface area contributed by atoms with Crippen molar-refractivity contribution >= 4 is 5.97 Å². The van der Waals surface area contributed by atoms with Crippen molar-refractivity contribution in [1.29, 1.82) is 0 Å². The lowest BCUT2D eigenvalue weighted by atomic mass is 9.84. The number of terminal acetylenes is 1. The first-order chi connectivity index (χ1) is 5.97. The van der Waals surface area contributed by atoms with Crippen LogP contribution in [0.1, 0.15) is 12.8 Å². The topological polar surface area (TPSA) is 77.8 Å². The fourth-order valence-corrected chi connectivity index (χ4v) is 1.34. The second kappa shape index (κ2) is 3.21. The highest BCUT2D eigenvalue weighted by molar-refractivity contribution is 5.87. The summed E-state index contributed by atoms with van der Waals surface area (Å²) < 4.78 is 0. The van der Waals surface area contributed by atoms with Crippen LogP contribution >= 0.6 is 0 Å². The Morgan fingerprint density at radius 2 is 2.38 bits per heavy atom. The van der Waals surface area contributed by atoms with Crippen molar-refractivity contribution in [2.75, 3.05) is 0 Å². The van der Waals surface area contributed by atoms with Crippen LogP contribution in [0.4, 0.5) is 0 Å². The summed E-state index contributed by atoms with van der Waals surface area (Å²) in [5.41, 5.74) is -1.57. The second-order valence-electron chi connectivity index (χ2n) is 3.12. The molecule has 0 heterocycles. The third-order valence-corrected chi connectivity index (χ3v) is 1.97. The average molecular weight is 182 g/mol. The van der Waals surface area contributed by atoms with Gasteiger partial charge >= 0.3 is 5.97 Å². The van der Waals surface area contributed by atoms with Crippen LogP contribution in [0, 0.1) is 12.3 Å². The molecule has 13 heavy (non-hydrogen) atoms. The lowest BCUT2D eigenvalue weighted by Crippen LogP contribution is -2.36. The summed E-state index contributed by atoms with van der Waals surface area (Å²) in [6, 6.07) is 0. The maximum Gasteiger partial charge on any atom is 0.331 e. The number of aliphatic hydroxyl groups is 2. The first-order valence-corrected chi connectivity index (χ1v) is 3.79. The molecule has 0 aliphatic heterocycles. The Hall–Kier alpha value is -1.31. The minimum atomic E-state index is -1.53. The van der Waals surface area contributed by atoms with E-state index in [1.54, 1.807) is 0 Å². The Bertz CT molecular complexity index is 299. The fraction of sp³-hybridized carbons (Fsp3) is 0.444. The molecule has 0 aromatic carbocycles. The van der Waals surface area contributed by atoms with Gasteiger partial charge in [0, 0.05) is 18.4 Å².